The molecule has 0 spiro atoms. The van der Waals surface area contributed by atoms with Gasteiger partial charge in [0.05, 0.1) is 3.57 Å². The smallest absolute Gasteiger partial charge is 0.266 e. The second kappa shape index (κ2) is 10.3. The lowest BCUT2D eigenvalue weighted by atomic mass is 10.1. The van der Waals surface area contributed by atoms with Crippen molar-refractivity contribution in [1.29, 1.82) is 5.26 Å². The van der Waals surface area contributed by atoms with Gasteiger partial charge in [0.15, 0.2) is 0 Å². The second-order valence-corrected chi connectivity index (χ2v) is 8.14. The van der Waals surface area contributed by atoms with E-state index in [1.165, 1.54) is 0 Å². The fourth-order valence-electron chi connectivity index (χ4n) is 2.68. The highest BCUT2D eigenvalue weighted by Gasteiger charge is 2.11. The third-order valence-corrected chi connectivity index (χ3v) is 5.43. The van der Waals surface area contributed by atoms with Crippen LogP contribution < -0.4 is 10.1 Å². The van der Waals surface area contributed by atoms with Crippen LogP contribution in [0.1, 0.15) is 16.7 Å². The zero-order valence-corrected chi connectivity index (χ0v) is 19.1. The van der Waals surface area contributed by atoms with Crippen molar-refractivity contribution in [2.75, 3.05) is 5.32 Å². The molecule has 3 aromatic rings. The van der Waals surface area contributed by atoms with Crippen molar-refractivity contribution in [3.05, 3.63) is 97.6 Å². The number of nitrogens with one attached hydrogen (secondary N) is 1. The first-order valence-corrected chi connectivity index (χ1v) is 10.6. The molecule has 1 amide bonds. The molecule has 0 unspecified atom stereocenters. The number of carbonyl (C=O) groups is 1. The van der Waals surface area contributed by atoms with Gasteiger partial charge in [-0.2, -0.15) is 5.26 Å². The van der Waals surface area contributed by atoms with E-state index < -0.39 is 5.91 Å². The van der Waals surface area contributed by atoms with Crippen LogP contribution in [0.5, 0.6) is 5.75 Å². The van der Waals surface area contributed by atoms with Crippen LogP contribution in [0.3, 0.4) is 0 Å². The van der Waals surface area contributed by atoms with E-state index in [1.54, 1.807) is 12.1 Å². The van der Waals surface area contributed by atoms with Crippen molar-refractivity contribution in [2.45, 2.75) is 13.5 Å². The molecular formula is C24H18ClIN2O2. The van der Waals surface area contributed by atoms with Crippen molar-refractivity contribution >= 4 is 51.9 Å². The third-order valence-electron chi connectivity index (χ3n) is 4.33. The number of carbonyl (C=O) groups excluding carboxylic acids is 1. The van der Waals surface area contributed by atoms with Gasteiger partial charge in [-0.1, -0.05) is 48.0 Å². The molecule has 0 radical (unpaired) electrons. The molecule has 3 rings (SSSR count). The minimum Gasteiger partial charge on any atom is -0.488 e. The molecular weight excluding hydrogens is 511 g/mol. The summed E-state index contributed by atoms with van der Waals surface area (Å²) in [5.41, 5.74) is 3.40. The quantitative estimate of drug-likeness (QED) is 0.229. The van der Waals surface area contributed by atoms with Gasteiger partial charge >= 0.3 is 0 Å². The molecule has 0 saturated heterocycles. The lowest BCUT2D eigenvalue weighted by Crippen LogP contribution is -2.14. The van der Waals surface area contributed by atoms with Crippen LogP contribution >= 0.6 is 34.2 Å². The Balaban J connectivity index is 1.71. The van der Waals surface area contributed by atoms with Crippen molar-refractivity contribution in [3.63, 3.8) is 0 Å². The monoisotopic (exact) mass is 528 g/mol. The van der Waals surface area contributed by atoms with Gasteiger partial charge in [-0.25, -0.2) is 0 Å². The molecule has 0 aliphatic carbocycles. The number of hydrogen-bond donors (Lipinski definition) is 1. The maximum absolute atomic E-state index is 12.5. The van der Waals surface area contributed by atoms with E-state index in [1.807, 2.05) is 73.7 Å². The number of aryl methyl sites for hydroxylation is 1. The van der Waals surface area contributed by atoms with E-state index in [-0.39, 0.29) is 5.57 Å². The number of nitrogens with zero attached hydrogens (tertiary/aromatic N) is 1. The Morgan fingerprint density at radius 3 is 2.57 bits per heavy atom. The first-order chi connectivity index (χ1) is 14.5. The van der Waals surface area contributed by atoms with E-state index in [2.05, 4.69) is 27.9 Å². The number of ether oxygens (including phenoxy) is 1. The molecule has 0 fully saturated rings. The van der Waals surface area contributed by atoms with Crippen molar-refractivity contribution in [1.82, 2.24) is 0 Å². The number of rotatable bonds is 6. The number of hydrogen-bond acceptors (Lipinski definition) is 3. The van der Waals surface area contributed by atoms with E-state index in [0.717, 1.165) is 26.0 Å². The average Bonchev–Trinajstić information content (AvgIpc) is 2.74. The molecule has 0 aliphatic rings. The van der Waals surface area contributed by atoms with Crippen LogP contribution in [-0.2, 0) is 11.4 Å². The molecule has 30 heavy (non-hydrogen) atoms. The molecule has 0 bridgehead atoms. The van der Waals surface area contributed by atoms with Gasteiger partial charge in [0.2, 0.25) is 0 Å². The maximum Gasteiger partial charge on any atom is 0.266 e. The summed E-state index contributed by atoms with van der Waals surface area (Å²) in [6.07, 6.45) is 1.57. The predicted octanol–water partition coefficient (Wildman–Crippen LogP) is 6.38. The largest absolute Gasteiger partial charge is 0.488 e. The van der Waals surface area contributed by atoms with E-state index >= 15 is 0 Å². The van der Waals surface area contributed by atoms with Gasteiger partial charge in [0.1, 0.15) is 24.0 Å². The van der Waals surface area contributed by atoms with Gasteiger partial charge in [0, 0.05) is 10.7 Å². The summed E-state index contributed by atoms with van der Waals surface area (Å²) >= 11 is 8.08. The van der Waals surface area contributed by atoms with Gasteiger partial charge in [-0.05, 0) is 82.6 Å². The number of benzene rings is 3. The Morgan fingerprint density at radius 2 is 1.90 bits per heavy atom. The van der Waals surface area contributed by atoms with E-state index in [4.69, 9.17) is 16.3 Å². The summed E-state index contributed by atoms with van der Waals surface area (Å²) in [6, 6.07) is 22.4. The second-order valence-electron chi connectivity index (χ2n) is 6.54. The van der Waals surface area contributed by atoms with E-state index in [9.17, 15) is 10.1 Å². The summed E-state index contributed by atoms with van der Waals surface area (Å²) < 4.78 is 6.75. The van der Waals surface area contributed by atoms with Crippen LogP contribution in [0.25, 0.3) is 6.08 Å². The zero-order chi connectivity index (χ0) is 21.5. The van der Waals surface area contributed by atoms with Gasteiger partial charge in [-0.15, -0.1) is 0 Å². The number of para-hydroxylation sites is 1. The molecule has 3 aromatic carbocycles. The predicted molar refractivity (Wildman–Crippen MR) is 128 cm³/mol. The van der Waals surface area contributed by atoms with Crippen LogP contribution in [0, 0.1) is 21.8 Å². The van der Waals surface area contributed by atoms with Gasteiger partial charge < -0.3 is 10.1 Å². The lowest BCUT2D eigenvalue weighted by Gasteiger charge is -2.10. The highest BCUT2D eigenvalue weighted by molar-refractivity contribution is 14.1. The summed E-state index contributed by atoms with van der Waals surface area (Å²) in [5.74, 6) is 0.287. The molecule has 1 N–H and O–H groups in total. The Bertz CT molecular complexity index is 1130. The number of halogens is 2. The van der Waals surface area contributed by atoms with Crippen LogP contribution in [0.4, 0.5) is 5.69 Å². The Kier molecular flexibility index (Phi) is 7.50. The van der Waals surface area contributed by atoms with Crippen LogP contribution in [0.15, 0.2) is 72.3 Å². The lowest BCUT2D eigenvalue weighted by molar-refractivity contribution is -0.112. The van der Waals surface area contributed by atoms with Crippen LogP contribution in [-0.4, -0.2) is 5.91 Å². The van der Waals surface area contributed by atoms with Crippen molar-refractivity contribution in [3.8, 4) is 11.8 Å². The van der Waals surface area contributed by atoms with Crippen molar-refractivity contribution < 1.29 is 9.53 Å². The summed E-state index contributed by atoms with van der Waals surface area (Å²) in [4.78, 5) is 12.5. The number of anilines is 1. The minimum absolute atomic E-state index is 0.0314. The molecule has 0 aromatic heterocycles. The first kappa shape index (κ1) is 21.9. The fourth-order valence-corrected chi connectivity index (χ4v) is 3.50. The third kappa shape index (κ3) is 5.85. The molecule has 0 heterocycles. The topological polar surface area (TPSA) is 62.1 Å². The molecule has 150 valence electrons. The number of amides is 1. The zero-order valence-electron chi connectivity index (χ0n) is 16.2. The molecule has 0 atom stereocenters. The Labute approximate surface area is 194 Å². The van der Waals surface area contributed by atoms with Gasteiger partial charge in [-0.3, -0.25) is 4.79 Å². The summed E-state index contributed by atoms with van der Waals surface area (Å²) in [7, 11) is 0. The molecule has 4 nitrogen and oxygen atoms in total. The van der Waals surface area contributed by atoms with E-state index in [0.29, 0.717) is 17.3 Å². The van der Waals surface area contributed by atoms with Gasteiger partial charge in [0.25, 0.3) is 5.91 Å². The van der Waals surface area contributed by atoms with Crippen molar-refractivity contribution in [2.24, 2.45) is 0 Å². The maximum atomic E-state index is 12.5. The highest BCUT2D eigenvalue weighted by Crippen LogP contribution is 2.25. The van der Waals surface area contributed by atoms with Crippen LogP contribution in [0.2, 0.25) is 5.02 Å². The normalized spacial score (nSPS) is 10.9. The Hall–Kier alpha value is -2.82. The molecule has 0 saturated carbocycles. The Morgan fingerprint density at radius 1 is 1.17 bits per heavy atom. The summed E-state index contributed by atoms with van der Waals surface area (Å²) in [6.45, 7) is 2.32. The molecule has 0 aliphatic heterocycles. The number of nitriles is 1. The standard InChI is InChI=1S/C24H18ClIN2O2/c1-16-4-2-3-5-22(16)28-24(29)19(14-27)12-18-8-11-23(21(26)13-18)30-15-17-6-9-20(25)10-7-17/h2-13H,15H2,1H3,(H,28,29)/b19-12-. The summed E-state index contributed by atoms with van der Waals surface area (Å²) in [5, 5.41) is 12.9. The average molecular weight is 529 g/mol. The fraction of sp³-hybridized carbons (Fsp3) is 0.0833. The highest BCUT2D eigenvalue weighted by atomic mass is 127. The first-order valence-electron chi connectivity index (χ1n) is 9.12. The minimum atomic E-state index is -0.440. The SMILES string of the molecule is Cc1ccccc1NC(=O)/C(C#N)=C\c1ccc(OCc2ccc(Cl)cc2)c(I)c1. The molecule has 6 heteroatoms.